The highest BCUT2D eigenvalue weighted by atomic mass is 16.3. The lowest BCUT2D eigenvalue weighted by atomic mass is 9.33. The van der Waals surface area contributed by atoms with Crippen LogP contribution < -0.4 is 36.0 Å². The van der Waals surface area contributed by atoms with Gasteiger partial charge in [-0.15, -0.1) is 0 Å². The van der Waals surface area contributed by atoms with Gasteiger partial charge in [-0.3, -0.25) is 0 Å². The van der Waals surface area contributed by atoms with Crippen LogP contribution in [0.25, 0.3) is 76.2 Å². The van der Waals surface area contributed by atoms with E-state index in [2.05, 4.69) is 346 Å². The van der Waals surface area contributed by atoms with Crippen molar-refractivity contribution in [1.29, 1.82) is 0 Å². The summed E-state index contributed by atoms with van der Waals surface area (Å²) in [7, 11) is 0. The first-order valence-corrected chi connectivity index (χ1v) is 32.4. The molecule has 6 nitrogen and oxygen atoms in total. The summed E-state index contributed by atoms with van der Waals surface area (Å²) in [5.74, 6) is 0. The maximum Gasteiger partial charge on any atom is 0.252 e. The van der Waals surface area contributed by atoms with Crippen molar-refractivity contribution >= 4 is 168 Å². The summed E-state index contributed by atoms with van der Waals surface area (Å²) < 4.78 is 13.9. The van der Waals surface area contributed by atoms with Crippen molar-refractivity contribution in [2.75, 3.05) is 19.6 Å². The second-order valence-corrected chi connectivity index (χ2v) is 27.4. The Bertz CT molecular complexity index is 5630. The van der Waals surface area contributed by atoms with Crippen molar-refractivity contribution < 1.29 is 8.83 Å². The van der Waals surface area contributed by atoms with Crippen LogP contribution in [0.3, 0.4) is 0 Å². The van der Waals surface area contributed by atoms with Gasteiger partial charge in [0.25, 0.3) is 6.71 Å². The van der Waals surface area contributed by atoms with Crippen LogP contribution >= 0.6 is 0 Å². The maximum absolute atomic E-state index is 6.99. The van der Waals surface area contributed by atoms with Gasteiger partial charge in [0.1, 0.15) is 16.7 Å². The molecule has 0 N–H and O–H groups in total. The van der Waals surface area contributed by atoms with Crippen LogP contribution in [-0.2, 0) is 10.8 Å². The van der Waals surface area contributed by atoms with E-state index in [0.29, 0.717) is 0 Å². The van der Waals surface area contributed by atoms with Crippen molar-refractivity contribution in [2.24, 2.45) is 0 Å². The number of furan rings is 2. The van der Waals surface area contributed by atoms with E-state index >= 15 is 0 Å². The average Bonchev–Trinajstić information content (AvgIpc) is 1.22. The Hall–Kier alpha value is -11.3. The number of benzene rings is 14. The number of para-hydroxylation sites is 3. The van der Waals surface area contributed by atoms with Gasteiger partial charge >= 0.3 is 0 Å². The zero-order chi connectivity index (χ0) is 62.4. The highest BCUT2D eigenvalue weighted by molar-refractivity contribution is 7.00. The van der Waals surface area contributed by atoms with E-state index in [9.17, 15) is 0 Å². The first kappa shape index (κ1) is 54.6. The molecule has 93 heavy (non-hydrogen) atoms. The van der Waals surface area contributed by atoms with E-state index in [1.165, 1.54) is 54.4 Å². The predicted octanol–water partition coefficient (Wildman–Crippen LogP) is 22.6. The van der Waals surface area contributed by atoms with Crippen LogP contribution in [0.2, 0.25) is 0 Å². The SMILES string of the molecule is CC(C)(C)c1ccc(N2c3cc(N(c4ccc5ccccc5c4)c4cccc5c4oc4ccccc45)ccc3B3c4cc5c(cc4N(c4ccc(C(C)(C)C)cc4)c4cc(N(c6ccc7ccccc7c6)c6ccc7ccccc7c6)cc2c43)oc2ccccc25)cc1. The van der Waals surface area contributed by atoms with E-state index in [1.807, 2.05) is 0 Å². The highest BCUT2D eigenvalue weighted by Crippen LogP contribution is 2.52. The lowest BCUT2D eigenvalue weighted by molar-refractivity contribution is 0.590. The molecule has 0 spiro atoms. The van der Waals surface area contributed by atoms with Crippen molar-refractivity contribution in [2.45, 2.75) is 52.4 Å². The minimum absolute atomic E-state index is 0.0583. The number of fused-ring (bicyclic) bond motifs is 13. The summed E-state index contributed by atoms with van der Waals surface area (Å²) in [6, 6.07) is 106. The van der Waals surface area contributed by atoms with Crippen LogP contribution in [0.1, 0.15) is 52.7 Å². The zero-order valence-electron chi connectivity index (χ0n) is 52.8. The Balaban J connectivity index is 0.969. The molecule has 4 heterocycles. The smallest absolute Gasteiger partial charge is 0.252 e. The van der Waals surface area contributed by atoms with Crippen molar-refractivity contribution in [3.05, 3.63) is 296 Å². The summed E-state index contributed by atoms with van der Waals surface area (Å²) >= 11 is 0. The highest BCUT2D eigenvalue weighted by Gasteiger charge is 2.45. The molecule has 0 fully saturated rings. The lowest BCUT2D eigenvalue weighted by Gasteiger charge is -2.45. The number of hydrogen-bond donors (Lipinski definition) is 0. The summed E-state index contributed by atoms with van der Waals surface area (Å²) in [6.07, 6.45) is 0. The Labute approximate surface area is 541 Å². The Morgan fingerprint density at radius 1 is 0.301 bits per heavy atom. The first-order chi connectivity index (χ1) is 45.3. The van der Waals surface area contributed by atoms with Crippen LogP contribution in [0.5, 0.6) is 0 Å². The van der Waals surface area contributed by atoms with Gasteiger partial charge in [-0.05, 0) is 174 Å². The number of rotatable bonds is 8. The molecule has 2 aliphatic rings. The topological polar surface area (TPSA) is 39.2 Å². The molecule has 0 radical (unpaired) electrons. The van der Waals surface area contributed by atoms with Crippen LogP contribution in [0, 0.1) is 0 Å². The van der Waals surface area contributed by atoms with Gasteiger partial charge in [0, 0.05) is 84.5 Å². The van der Waals surface area contributed by atoms with Gasteiger partial charge in [-0.1, -0.05) is 217 Å². The molecule has 2 aromatic heterocycles. The molecule has 0 saturated heterocycles. The second-order valence-electron chi connectivity index (χ2n) is 27.4. The largest absolute Gasteiger partial charge is 0.456 e. The molecule has 0 saturated carbocycles. The third-order valence-corrected chi connectivity index (χ3v) is 19.6. The Morgan fingerprint density at radius 3 is 1.27 bits per heavy atom. The quantitative estimate of drug-likeness (QED) is 0.141. The molecule has 14 aromatic carbocycles. The number of hydrogen-bond acceptors (Lipinski definition) is 6. The molecule has 0 bridgehead atoms. The van der Waals surface area contributed by atoms with E-state index in [0.717, 1.165) is 118 Å². The Morgan fingerprint density at radius 2 is 0.731 bits per heavy atom. The van der Waals surface area contributed by atoms with Crippen LogP contribution in [0.15, 0.2) is 294 Å². The monoisotopic (exact) mass is 1200 g/mol. The molecule has 18 rings (SSSR count). The zero-order valence-corrected chi connectivity index (χ0v) is 52.8. The molecule has 2 aliphatic heterocycles. The molecule has 7 heteroatoms. The van der Waals surface area contributed by atoms with Gasteiger partial charge in [-0.2, -0.15) is 0 Å². The van der Waals surface area contributed by atoms with Crippen LogP contribution in [-0.4, -0.2) is 6.71 Å². The van der Waals surface area contributed by atoms with E-state index in [-0.39, 0.29) is 17.5 Å². The molecule has 0 unspecified atom stereocenters. The summed E-state index contributed by atoms with van der Waals surface area (Å²) in [4.78, 5) is 9.99. The van der Waals surface area contributed by atoms with Crippen molar-refractivity contribution in [3.63, 3.8) is 0 Å². The fraction of sp³-hybridized carbons (Fsp3) is 0.0930. The van der Waals surface area contributed by atoms with Gasteiger partial charge in [0.05, 0.1) is 11.4 Å². The fourth-order valence-electron chi connectivity index (χ4n) is 15.0. The molecular formula is C86H65BN4O2. The van der Waals surface area contributed by atoms with E-state index in [1.54, 1.807) is 0 Å². The third kappa shape index (κ3) is 8.85. The predicted molar refractivity (Wildman–Crippen MR) is 394 cm³/mol. The molecular weight excluding hydrogens is 1130 g/mol. The maximum atomic E-state index is 6.99. The first-order valence-electron chi connectivity index (χ1n) is 32.4. The van der Waals surface area contributed by atoms with E-state index < -0.39 is 0 Å². The summed E-state index contributed by atoms with van der Waals surface area (Å²) in [6.45, 7) is 13.5. The van der Waals surface area contributed by atoms with Crippen molar-refractivity contribution in [1.82, 2.24) is 0 Å². The van der Waals surface area contributed by atoms with Crippen LogP contribution in [0.4, 0.5) is 68.2 Å². The fourth-order valence-corrected chi connectivity index (χ4v) is 15.0. The lowest BCUT2D eigenvalue weighted by Crippen LogP contribution is -2.61. The molecule has 0 atom stereocenters. The summed E-state index contributed by atoms with van der Waals surface area (Å²) in [5, 5.41) is 11.4. The molecule has 0 amide bonds. The van der Waals surface area contributed by atoms with Gasteiger partial charge in [0.2, 0.25) is 0 Å². The van der Waals surface area contributed by atoms with E-state index in [4.69, 9.17) is 8.83 Å². The van der Waals surface area contributed by atoms with Gasteiger partial charge in [-0.25, -0.2) is 0 Å². The normalized spacial score (nSPS) is 13.0. The average molecular weight is 1200 g/mol. The van der Waals surface area contributed by atoms with Gasteiger partial charge in [0.15, 0.2) is 5.58 Å². The molecule has 0 aliphatic carbocycles. The number of nitrogens with zero attached hydrogens (tertiary/aromatic N) is 4. The minimum atomic E-state index is -0.237. The molecule has 16 aromatic rings. The minimum Gasteiger partial charge on any atom is -0.456 e. The Kier molecular flexibility index (Phi) is 12.1. The molecule has 444 valence electrons. The standard InChI is InChI=1S/C86H65BN4O2/c1-85(2,3)60-33-40-62(41-34-60)90-76-49-67(89(66-39-32-56-20-9-12-23-59(56)48-66)75-27-17-26-71-69-24-13-16-29-81(69)93-84(71)75)44-45-73(76)87-74-52-72-70-25-14-15-28-80(70)92-82(72)53-77(74)91(63-42-35-61(36-43-63)86(4,5)6)79-51-68(50-78(90)83(79)87)88(64-37-30-54-18-7-10-21-57(54)46-64)65-38-31-55-19-8-11-22-58(55)47-65/h7-53H,1-6H3. The van der Waals surface area contributed by atoms with Gasteiger partial charge < -0.3 is 28.4 Å². The van der Waals surface area contributed by atoms with Crippen molar-refractivity contribution in [3.8, 4) is 0 Å². The number of anilines is 12. The summed E-state index contributed by atoms with van der Waals surface area (Å²) in [5.41, 5.74) is 21.9. The second kappa shape index (κ2) is 20.6. The third-order valence-electron chi connectivity index (χ3n) is 19.6.